The van der Waals surface area contributed by atoms with E-state index in [0.717, 1.165) is 0 Å². The molecule has 3 N–H and O–H groups in total. The first-order valence-corrected chi connectivity index (χ1v) is 4.06. The van der Waals surface area contributed by atoms with E-state index in [1.807, 2.05) is 0 Å². The minimum atomic E-state index is 0.0525. The number of rotatable bonds is 4. The van der Waals surface area contributed by atoms with Crippen LogP contribution in [0.15, 0.2) is 38.4 Å². The Morgan fingerprint density at radius 2 is 2.20 bits per heavy atom. The second-order valence-corrected chi connectivity index (χ2v) is 2.44. The van der Waals surface area contributed by atoms with Crippen molar-refractivity contribution in [3.05, 3.63) is 30.2 Å². The highest BCUT2D eigenvalue weighted by atomic mass is 16.3. The lowest BCUT2D eigenvalue weighted by Gasteiger charge is -1.91. The fourth-order valence-corrected chi connectivity index (χ4v) is 0.799. The van der Waals surface area contributed by atoms with E-state index >= 15 is 0 Å². The normalized spacial score (nSPS) is 11.6. The van der Waals surface area contributed by atoms with E-state index in [4.69, 9.17) is 10.2 Å². The summed E-state index contributed by atoms with van der Waals surface area (Å²) in [7, 11) is 0. The van der Waals surface area contributed by atoms with E-state index in [-0.39, 0.29) is 5.96 Å². The maximum atomic E-state index is 5.32. The van der Waals surface area contributed by atoms with E-state index in [9.17, 15) is 0 Å². The van der Waals surface area contributed by atoms with Crippen LogP contribution in [0.25, 0.3) is 6.08 Å². The number of hydrogen-bond donors (Lipinski definition) is 2. The Morgan fingerprint density at radius 3 is 2.80 bits per heavy atom. The van der Waals surface area contributed by atoms with Crippen molar-refractivity contribution in [3.63, 3.8) is 0 Å². The lowest BCUT2D eigenvalue weighted by atomic mass is 10.4. The van der Waals surface area contributed by atoms with Crippen LogP contribution in [0.3, 0.4) is 0 Å². The Hall–Kier alpha value is -2.37. The summed E-state index contributed by atoms with van der Waals surface area (Å²) in [6, 6.07) is 3.51. The van der Waals surface area contributed by atoms with Gasteiger partial charge in [0.2, 0.25) is 5.96 Å². The summed E-state index contributed by atoms with van der Waals surface area (Å²) in [6.45, 7) is 6.74. The summed E-state index contributed by atoms with van der Waals surface area (Å²) in [5.41, 5.74) is 7.65. The minimum Gasteiger partial charge on any atom is -0.456 e. The van der Waals surface area contributed by atoms with Gasteiger partial charge in [-0.1, -0.05) is 6.58 Å². The maximum absolute atomic E-state index is 5.32. The van der Waals surface area contributed by atoms with Crippen LogP contribution in [-0.4, -0.2) is 18.9 Å². The molecule has 1 heterocycles. The molecule has 0 saturated heterocycles. The highest BCUT2D eigenvalue weighted by Gasteiger charge is 1.94. The summed E-state index contributed by atoms with van der Waals surface area (Å²) < 4.78 is 5.24. The molecule has 15 heavy (non-hydrogen) atoms. The molecule has 0 aliphatic heterocycles. The zero-order valence-electron chi connectivity index (χ0n) is 8.05. The average molecular weight is 205 g/mol. The predicted molar refractivity (Wildman–Crippen MR) is 60.7 cm³/mol. The third kappa shape index (κ3) is 3.47. The van der Waals surface area contributed by atoms with Crippen LogP contribution in [-0.2, 0) is 0 Å². The summed E-state index contributed by atoms with van der Waals surface area (Å²) in [5.74, 6) is 1.28. The number of guanidine groups is 1. The lowest BCUT2D eigenvalue weighted by Crippen LogP contribution is -2.26. The summed E-state index contributed by atoms with van der Waals surface area (Å²) in [5, 5.41) is 10.6. The standard InChI is InChI=1S/C9H11N5O/c1-3-7-4-5-8(15-7)6-12-14-9(10)13-11-2/h3-6H,1-2H2,(H3,10,13,14). The van der Waals surface area contributed by atoms with Crippen molar-refractivity contribution in [3.8, 4) is 0 Å². The van der Waals surface area contributed by atoms with Gasteiger partial charge in [-0.25, -0.2) is 5.43 Å². The van der Waals surface area contributed by atoms with Gasteiger partial charge in [0.1, 0.15) is 11.5 Å². The Morgan fingerprint density at radius 1 is 1.47 bits per heavy atom. The molecule has 0 amide bonds. The molecule has 0 atom stereocenters. The van der Waals surface area contributed by atoms with Crippen LogP contribution < -0.4 is 11.2 Å². The number of nitrogens with zero attached hydrogens (tertiary/aromatic N) is 3. The Balaban J connectivity index is 2.61. The maximum Gasteiger partial charge on any atom is 0.234 e. The van der Waals surface area contributed by atoms with Gasteiger partial charge in [-0.05, 0) is 18.2 Å². The van der Waals surface area contributed by atoms with Gasteiger partial charge in [-0.2, -0.15) is 10.2 Å². The van der Waals surface area contributed by atoms with E-state index in [0.29, 0.717) is 11.5 Å². The van der Waals surface area contributed by atoms with E-state index in [1.165, 1.54) is 6.21 Å². The number of nitrogens with two attached hydrogens (primary N) is 1. The molecule has 0 aromatic carbocycles. The number of hydrazone groups is 1. The molecule has 0 saturated carbocycles. The smallest absolute Gasteiger partial charge is 0.234 e. The van der Waals surface area contributed by atoms with Crippen molar-refractivity contribution < 1.29 is 4.42 Å². The van der Waals surface area contributed by atoms with Crippen LogP contribution >= 0.6 is 0 Å². The molecular weight excluding hydrogens is 194 g/mol. The van der Waals surface area contributed by atoms with Crippen LogP contribution in [0.1, 0.15) is 11.5 Å². The van der Waals surface area contributed by atoms with E-state index in [1.54, 1.807) is 18.2 Å². The van der Waals surface area contributed by atoms with Crippen molar-refractivity contribution in [2.45, 2.75) is 0 Å². The number of furan rings is 1. The molecule has 0 aliphatic rings. The van der Waals surface area contributed by atoms with Gasteiger partial charge < -0.3 is 10.2 Å². The highest BCUT2D eigenvalue weighted by Crippen LogP contribution is 2.06. The van der Waals surface area contributed by atoms with Crippen molar-refractivity contribution in [2.24, 2.45) is 21.0 Å². The van der Waals surface area contributed by atoms with Crippen molar-refractivity contribution >= 4 is 25.0 Å². The number of nitrogens with one attached hydrogen (secondary N) is 1. The molecule has 1 aromatic heterocycles. The Bertz CT molecular complexity index is 404. The third-order valence-corrected chi connectivity index (χ3v) is 1.39. The van der Waals surface area contributed by atoms with Gasteiger partial charge in [-0.15, -0.1) is 5.10 Å². The summed E-state index contributed by atoms with van der Waals surface area (Å²) in [6.07, 6.45) is 3.02. The topological polar surface area (TPSA) is 88.3 Å². The molecule has 1 aromatic rings. The van der Waals surface area contributed by atoms with Crippen molar-refractivity contribution in [2.75, 3.05) is 0 Å². The second-order valence-electron chi connectivity index (χ2n) is 2.44. The van der Waals surface area contributed by atoms with Gasteiger partial charge in [0.05, 0.1) is 6.21 Å². The van der Waals surface area contributed by atoms with Gasteiger partial charge >= 0.3 is 0 Å². The molecule has 0 unspecified atom stereocenters. The van der Waals surface area contributed by atoms with Crippen LogP contribution in [0.5, 0.6) is 0 Å². The quantitative estimate of drug-likeness (QED) is 0.432. The first kappa shape index (κ1) is 10.7. The average Bonchev–Trinajstić information content (AvgIpc) is 2.66. The van der Waals surface area contributed by atoms with Crippen LogP contribution in [0.4, 0.5) is 0 Å². The number of hydrogen-bond acceptors (Lipinski definition) is 4. The van der Waals surface area contributed by atoms with E-state index < -0.39 is 0 Å². The third-order valence-electron chi connectivity index (χ3n) is 1.39. The van der Waals surface area contributed by atoms with Gasteiger partial charge in [0.15, 0.2) is 0 Å². The van der Waals surface area contributed by atoms with Crippen molar-refractivity contribution in [1.29, 1.82) is 0 Å². The molecule has 1 rings (SSSR count). The minimum absolute atomic E-state index is 0.0525. The van der Waals surface area contributed by atoms with Gasteiger partial charge in [0.25, 0.3) is 0 Å². The highest BCUT2D eigenvalue weighted by molar-refractivity contribution is 5.80. The summed E-state index contributed by atoms with van der Waals surface area (Å²) >= 11 is 0. The molecule has 0 fully saturated rings. The molecule has 0 aliphatic carbocycles. The lowest BCUT2D eigenvalue weighted by molar-refractivity contribution is 0.550. The predicted octanol–water partition coefficient (Wildman–Crippen LogP) is 0.776. The Labute approximate surface area is 86.9 Å². The zero-order valence-corrected chi connectivity index (χ0v) is 8.05. The largest absolute Gasteiger partial charge is 0.456 e. The van der Waals surface area contributed by atoms with Gasteiger partial charge in [-0.3, -0.25) is 0 Å². The molecule has 0 radical (unpaired) electrons. The molecule has 0 spiro atoms. The van der Waals surface area contributed by atoms with Crippen LogP contribution in [0, 0.1) is 0 Å². The van der Waals surface area contributed by atoms with Crippen LogP contribution in [0.2, 0.25) is 0 Å². The first-order chi connectivity index (χ1) is 7.26. The second kappa shape index (κ2) is 5.38. The fraction of sp³-hybridized carbons (Fsp3) is 0. The van der Waals surface area contributed by atoms with Crippen molar-refractivity contribution in [1.82, 2.24) is 5.43 Å². The molecular formula is C9H11N5O. The monoisotopic (exact) mass is 205 g/mol. The zero-order chi connectivity index (χ0) is 11.1. The molecule has 0 bridgehead atoms. The Kier molecular flexibility index (Phi) is 3.84. The van der Waals surface area contributed by atoms with Gasteiger partial charge in [0, 0.05) is 6.72 Å². The fourth-order valence-electron chi connectivity index (χ4n) is 0.799. The SMILES string of the molecule is C=Cc1ccc(C=N/N=C(\N)NN=C)o1. The summed E-state index contributed by atoms with van der Waals surface area (Å²) in [4.78, 5) is 0. The molecule has 6 nitrogen and oxygen atoms in total. The molecule has 6 heteroatoms. The first-order valence-electron chi connectivity index (χ1n) is 4.06. The molecule has 78 valence electrons. The van der Waals surface area contributed by atoms with E-state index in [2.05, 4.69) is 34.0 Å².